The van der Waals surface area contributed by atoms with E-state index in [1.807, 2.05) is 39.0 Å². The summed E-state index contributed by atoms with van der Waals surface area (Å²) >= 11 is 4.15. The number of thioether (sulfide) groups is 2. The van der Waals surface area contributed by atoms with E-state index in [9.17, 15) is 4.79 Å². The Morgan fingerprint density at radius 1 is 1.03 bits per heavy atom. The van der Waals surface area contributed by atoms with E-state index in [4.69, 9.17) is 14.7 Å². The van der Waals surface area contributed by atoms with Gasteiger partial charge in [-0.2, -0.15) is 23.5 Å². The summed E-state index contributed by atoms with van der Waals surface area (Å²) in [4.78, 5) is 23.0. The monoisotopic (exact) mass is 501 g/mol. The van der Waals surface area contributed by atoms with Gasteiger partial charge in [0.2, 0.25) is 0 Å². The Kier molecular flexibility index (Phi) is 9.16. The van der Waals surface area contributed by atoms with Gasteiger partial charge >= 0.3 is 0 Å². The summed E-state index contributed by atoms with van der Waals surface area (Å²) < 4.78 is 5.47. The Labute approximate surface area is 213 Å². The van der Waals surface area contributed by atoms with Crippen molar-refractivity contribution in [3.05, 3.63) is 35.2 Å². The molecule has 0 spiro atoms. The number of benzene rings is 1. The summed E-state index contributed by atoms with van der Waals surface area (Å²) in [6, 6.07) is 5.73. The van der Waals surface area contributed by atoms with Crippen molar-refractivity contribution in [1.29, 1.82) is 0 Å². The zero-order valence-electron chi connectivity index (χ0n) is 20.9. The Morgan fingerprint density at radius 3 is 2.32 bits per heavy atom. The molecule has 2 bridgehead atoms. The summed E-state index contributed by atoms with van der Waals surface area (Å²) in [5, 5.41) is 4.60. The second-order valence-corrected chi connectivity index (χ2v) is 12.8. The largest absolute Gasteiger partial charge is 0.382 e. The van der Waals surface area contributed by atoms with Crippen molar-refractivity contribution in [2.75, 3.05) is 13.2 Å². The van der Waals surface area contributed by atoms with Gasteiger partial charge in [0.25, 0.3) is 5.91 Å². The Morgan fingerprint density at radius 2 is 1.68 bits per heavy atom. The molecule has 1 aliphatic carbocycles. The van der Waals surface area contributed by atoms with Gasteiger partial charge in [0.15, 0.2) is 0 Å². The van der Waals surface area contributed by atoms with Crippen LogP contribution in [0.2, 0.25) is 0 Å². The highest BCUT2D eigenvalue weighted by Gasteiger charge is 2.24. The first kappa shape index (κ1) is 25.8. The van der Waals surface area contributed by atoms with Gasteiger partial charge in [0, 0.05) is 46.3 Å². The molecule has 2 aromatic rings. The predicted molar refractivity (Wildman–Crippen MR) is 145 cm³/mol. The normalized spacial score (nSPS) is 21.9. The van der Waals surface area contributed by atoms with E-state index in [1.54, 1.807) is 0 Å². The topological polar surface area (TPSA) is 64.1 Å². The lowest BCUT2D eigenvalue weighted by Crippen LogP contribution is -2.44. The van der Waals surface area contributed by atoms with Crippen molar-refractivity contribution < 1.29 is 9.53 Å². The first-order valence-corrected chi connectivity index (χ1v) is 15.0. The van der Waals surface area contributed by atoms with Crippen LogP contribution in [-0.2, 0) is 16.2 Å². The molecular formula is C27H39N3O2S2. The number of hydrogen-bond donors (Lipinski definition) is 1. The molecule has 1 saturated carbocycles. The van der Waals surface area contributed by atoms with E-state index in [0.29, 0.717) is 18.8 Å². The molecule has 2 heterocycles. The minimum Gasteiger partial charge on any atom is -0.382 e. The fourth-order valence-corrected chi connectivity index (χ4v) is 7.51. The number of carbonyl (C=O) groups is 1. The molecule has 2 atom stereocenters. The second-order valence-electron chi connectivity index (χ2n) is 10.2. The van der Waals surface area contributed by atoms with Gasteiger partial charge in [-0.15, -0.1) is 0 Å². The molecule has 5 nitrogen and oxygen atoms in total. The van der Waals surface area contributed by atoms with Gasteiger partial charge in [0.05, 0.1) is 22.4 Å². The summed E-state index contributed by atoms with van der Waals surface area (Å²) in [6.07, 6.45) is 10.2. The highest BCUT2D eigenvalue weighted by atomic mass is 32.2. The molecule has 2 aliphatic rings. The van der Waals surface area contributed by atoms with Crippen molar-refractivity contribution in [3.8, 4) is 0 Å². The lowest BCUT2D eigenvalue weighted by molar-refractivity contribution is 0.0867. The van der Waals surface area contributed by atoms with Gasteiger partial charge in [-0.05, 0) is 64.7 Å². The number of fused-ring (bicyclic) bond motifs is 4. The number of carbonyl (C=O) groups excluding carboxylic acids is 1. The zero-order valence-corrected chi connectivity index (χ0v) is 22.5. The SMILES string of the molecule is CCOCCC(C)(C)NC(=O)c1ccc2nc3c(nc2c1)CSC1CCCCCCC(C1)SC3. The zero-order chi connectivity index (χ0) is 24.0. The van der Waals surface area contributed by atoms with Crippen LogP contribution in [0.15, 0.2) is 18.2 Å². The summed E-state index contributed by atoms with van der Waals surface area (Å²) in [7, 11) is 0. The van der Waals surface area contributed by atoms with E-state index >= 15 is 0 Å². The van der Waals surface area contributed by atoms with Gasteiger partial charge in [-0.1, -0.05) is 25.7 Å². The summed E-state index contributed by atoms with van der Waals surface area (Å²) in [5.41, 5.74) is 4.22. The molecule has 1 aromatic carbocycles. The van der Waals surface area contributed by atoms with Crippen LogP contribution >= 0.6 is 23.5 Å². The molecule has 1 N–H and O–H groups in total. The van der Waals surface area contributed by atoms with Gasteiger partial charge in [0.1, 0.15) is 0 Å². The maximum absolute atomic E-state index is 13.0. The third kappa shape index (κ3) is 7.11. The minimum atomic E-state index is -0.334. The van der Waals surface area contributed by atoms with Crippen LogP contribution in [0.3, 0.4) is 0 Å². The highest BCUT2D eigenvalue weighted by molar-refractivity contribution is 8.00. The third-order valence-corrected chi connectivity index (χ3v) is 9.53. The summed E-state index contributed by atoms with van der Waals surface area (Å²) in [5.74, 6) is 1.78. The molecule has 4 rings (SSSR count). The molecule has 1 aliphatic heterocycles. The average molecular weight is 502 g/mol. The van der Waals surface area contributed by atoms with Crippen molar-refractivity contribution in [1.82, 2.24) is 15.3 Å². The van der Waals surface area contributed by atoms with Crippen LogP contribution in [0, 0.1) is 0 Å². The number of nitrogens with zero attached hydrogens (tertiary/aromatic N) is 2. The minimum absolute atomic E-state index is 0.0731. The smallest absolute Gasteiger partial charge is 0.251 e. The Hall–Kier alpha value is -1.31. The lowest BCUT2D eigenvalue weighted by Gasteiger charge is -2.26. The van der Waals surface area contributed by atoms with Crippen LogP contribution in [0.1, 0.15) is 93.9 Å². The third-order valence-electron chi connectivity index (χ3n) is 6.85. The highest BCUT2D eigenvalue weighted by Crippen LogP contribution is 2.37. The van der Waals surface area contributed by atoms with Crippen molar-refractivity contribution in [3.63, 3.8) is 0 Å². The van der Waals surface area contributed by atoms with Gasteiger partial charge in [-0.25, -0.2) is 9.97 Å². The summed E-state index contributed by atoms with van der Waals surface area (Å²) in [6.45, 7) is 7.38. The molecule has 1 amide bonds. The lowest BCUT2D eigenvalue weighted by atomic mass is 10.0. The molecule has 0 radical (unpaired) electrons. The van der Waals surface area contributed by atoms with Crippen molar-refractivity contribution in [2.45, 2.75) is 99.7 Å². The quantitative estimate of drug-likeness (QED) is 0.454. The van der Waals surface area contributed by atoms with E-state index in [2.05, 4.69) is 28.8 Å². The fraction of sp³-hybridized carbons (Fsp3) is 0.667. The second kappa shape index (κ2) is 12.1. The van der Waals surface area contributed by atoms with Crippen LogP contribution in [0.4, 0.5) is 0 Å². The first-order chi connectivity index (χ1) is 16.4. The first-order valence-electron chi connectivity index (χ1n) is 12.9. The molecule has 7 heteroatoms. The molecular weight excluding hydrogens is 462 g/mol. The van der Waals surface area contributed by atoms with Crippen LogP contribution in [0.5, 0.6) is 0 Å². The number of ether oxygens (including phenoxy) is 1. The number of hydrogen-bond acceptors (Lipinski definition) is 6. The van der Waals surface area contributed by atoms with Crippen molar-refractivity contribution >= 4 is 40.5 Å². The maximum atomic E-state index is 13.0. The molecule has 34 heavy (non-hydrogen) atoms. The molecule has 2 unspecified atom stereocenters. The molecule has 0 saturated heterocycles. The number of rotatable bonds is 6. The van der Waals surface area contributed by atoms with Crippen LogP contribution in [-0.4, -0.2) is 45.1 Å². The molecule has 1 aromatic heterocycles. The van der Waals surface area contributed by atoms with Crippen LogP contribution < -0.4 is 5.32 Å². The van der Waals surface area contributed by atoms with E-state index in [0.717, 1.165) is 50.8 Å². The average Bonchev–Trinajstić information content (AvgIpc) is 2.97. The van der Waals surface area contributed by atoms with E-state index in [-0.39, 0.29) is 11.4 Å². The van der Waals surface area contributed by atoms with Gasteiger partial charge < -0.3 is 10.1 Å². The van der Waals surface area contributed by atoms with Crippen LogP contribution in [0.25, 0.3) is 11.0 Å². The number of aromatic nitrogens is 2. The predicted octanol–water partition coefficient (Wildman–Crippen LogP) is 6.53. The standard InChI is InChI=1S/C27H39N3O2S2/c1-4-32-14-13-27(2,3)30-26(31)19-11-12-22-23(15-19)29-25-18-34-21-10-8-6-5-7-9-20(16-21)33-17-24(25)28-22/h11-12,15,20-21H,4-10,13-14,16-18H2,1-3H3,(H,30,31). The molecule has 186 valence electrons. The van der Waals surface area contributed by atoms with E-state index in [1.165, 1.54) is 44.9 Å². The Bertz CT molecular complexity index is 982. The van der Waals surface area contributed by atoms with Gasteiger partial charge in [-0.3, -0.25) is 4.79 Å². The van der Waals surface area contributed by atoms with E-state index < -0.39 is 0 Å². The number of nitrogens with one attached hydrogen (secondary N) is 1. The fourth-order valence-electron chi connectivity index (χ4n) is 4.74. The van der Waals surface area contributed by atoms with Crippen molar-refractivity contribution in [2.24, 2.45) is 0 Å². The number of amides is 1. The Balaban J connectivity index is 1.53. The maximum Gasteiger partial charge on any atom is 0.251 e. The molecule has 1 fully saturated rings.